The first-order valence-corrected chi connectivity index (χ1v) is 9.79. The van der Waals surface area contributed by atoms with Crippen LogP contribution < -0.4 is 5.73 Å². The lowest BCUT2D eigenvalue weighted by Gasteiger charge is -2.30. The first-order valence-electron chi connectivity index (χ1n) is 9.79. The summed E-state index contributed by atoms with van der Waals surface area (Å²) in [5.74, 6) is -0.238. The highest BCUT2D eigenvalue weighted by atomic mass is 16.2. The van der Waals surface area contributed by atoms with Crippen molar-refractivity contribution in [3.63, 3.8) is 0 Å². The Morgan fingerprint density at radius 1 is 0.964 bits per heavy atom. The standard InChI is InChI=1S/C23H25N3O2/c24-23(28)18-10-12-25(13-11-18)22(27)14-19-16-26(15-17-6-2-1-3-7-17)21-9-5-4-8-20(19)21/h1-9,16,18H,10-15H2,(H2,24,28). The van der Waals surface area contributed by atoms with Gasteiger partial charge in [-0.3, -0.25) is 9.59 Å². The molecule has 5 heteroatoms. The number of fused-ring (bicyclic) bond motifs is 1. The summed E-state index contributed by atoms with van der Waals surface area (Å²) in [6.45, 7) is 1.99. The fourth-order valence-corrected chi connectivity index (χ4v) is 4.06. The van der Waals surface area contributed by atoms with E-state index in [0.29, 0.717) is 32.4 Å². The van der Waals surface area contributed by atoms with Crippen LogP contribution >= 0.6 is 0 Å². The van der Waals surface area contributed by atoms with Gasteiger partial charge in [-0.05, 0) is 30.0 Å². The molecule has 0 aliphatic carbocycles. The van der Waals surface area contributed by atoms with Gasteiger partial charge in [-0.1, -0.05) is 48.5 Å². The van der Waals surface area contributed by atoms with Gasteiger partial charge in [0, 0.05) is 42.7 Å². The van der Waals surface area contributed by atoms with E-state index in [0.717, 1.165) is 23.0 Å². The fourth-order valence-electron chi connectivity index (χ4n) is 4.06. The number of para-hydroxylation sites is 1. The van der Waals surface area contributed by atoms with E-state index in [1.165, 1.54) is 5.56 Å². The number of nitrogens with zero attached hydrogens (tertiary/aromatic N) is 2. The van der Waals surface area contributed by atoms with Crippen molar-refractivity contribution >= 4 is 22.7 Å². The molecule has 0 atom stereocenters. The van der Waals surface area contributed by atoms with E-state index in [2.05, 4.69) is 35.0 Å². The Morgan fingerprint density at radius 3 is 2.36 bits per heavy atom. The molecule has 2 N–H and O–H groups in total. The fraction of sp³-hybridized carbons (Fsp3) is 0.304. The number of primary amides is 1. The third kappa shape index (κ3) is 3.79. The van der Waals surface area contributed by atoms with Crippen molar-refractivity contribution in [3.8, 4) is 0 Å². The van der Waals surface area contributed by atoms with E-state index in [-0.39, 0.29) is 17.7 Å². The van der Waals surface area contributed by atoms with Crippen LogP contribution in [0.1, 0.15) is 24.0 Å². The summed E-state index contributed by atoms with van der Waals surface area (Å²) in [6, 6.07) is 18.6. The Kier molecular flexibility index (Phi) is 5.15. The second-order valence-electron chi connectivity index (χ2n) is 7.52. The zero-order valence-electron chi connectivity index (χ0n) is 15.9. The summed E-state index contributed by atoms with van der Waals surface area (Å²) in [6.07, 6.45) is 3.81. The van der Waals surface area contributed by atoms with Crippen molar-refractivity contribution in [1.29, 1.82) is 0 Å². The van der Waals surface area contributed by atoms with Crippen LogP contribution in [0.4, 0.5) is 0 Å². The van der Waals surface area contributed by atoms with Crippen LogP contribution in [-0.2, 0) is 22.6 Å². The molecule has 4 rings (SSSR count). The molecule has 2 heterocycles. The second kappa shape index (κ2) is 7.89. The molecular weight excluding hydrogens is 350 g/mol. The number of hydrogen-bond acceptors (Lipinski definition) is 2. The predicted molar refractivity (Wildman–Crippen MR) is 110 cm³/mol. The number of rotatable bonds is 5. The van der Waals surface area contributed by atoms with Crippen LogP contribution in [0.15, 0.2) is 60.8 Å². The van der Waals surface area contributed by atoms with Crippen LogP contribution in [0, 0.1) is 5.92 Å². The summed E-state index contributed by atoms with van der Waals surface area (Å²) in [7, 11) is 0. The Hall–Kier alpha value is -3.08. The Labute approximate surface area is 164 Å². The van der Waals surface area contributed by atoms with Gasteiger partial charge in [0.1, 0.15) is 0 Å². The molecule has 1 fully saturated rings. The van der Waals surface area contributed by atoms with Gasteiger partial charge >= 0.3 is 0 Å². The molecule has 1 aromatic heterocycles. The number of hydrogen-bond donors (Lipinski definition) is 1. The number of amides is 2. The van der Waals surface area contributed by atoms with Crippen LogP contribution in [0.2, 0.25) is 0 Å². The first-order chi connectivity index (χ1) is 13.6. The van der Waals surface area contributed by atoms with Gasteiger partial charge in [0.05, 0.1) is 6.42 Å². The summed E-state index contributed by atoms with van der Waals surface area (Å²) in [5.41, 5.74) is 8.82. The number of likely N-dealkylation sites (tertiary alicyclic amines) is 1. The highest BCUT2D eigenvalue weighted by molar-refractivity contribution is 5.89. The molecule has 3 aromatic rings. The van der Waals surface area contributed by atoms with Gasteiger partial charge in [-0.15, -0.1) is 0 Å². The van der Waals surface area contributed by atoms with E-state index in [1.807, 2.05) is 35.2 Å². The molecule has 0 spiro atoms. The number of piperidine rings is 1. The molecule has 1 saturated heterocycles. The number of carbonyl (C=O) groups is 2. The molecule has 5 nitrogen and oxygen atoms in total. The lowest BCUT2D eigenvalue weighted by Crippen LogP contribution is -2.42. The van der Waals surface area contributed by atoms with E-state index in [4.69, 9.17) is 5.73 Å². The largest absolute Gasteiger partial charge is 0.369 e. The lowest BCUT2D eigenvalue weighted by atomic mass is 9.96. The average Bonchev–Trinajstić information content (AvgIpc) is 3.06. The Morgan fingerprint density at radius 2 is 1.64 bits per heavy atom. The maximum absolute atomic E-state index is 12.9. The summed E-state index contributed by atoms with van der Waals surface area (Å²) < 4.78 is 2.21. The van der Waals surface area contributed by atoms with Crippen molar-refractivity contribution in [2.24, 2.45) is 11.7 Å². The topological polar surface area (TPSA) is 68.3 Å². The van der Waals surface area contributed by atoms with E-state index < -0.39 is 0 Å². The number of aromatic nitrogens is 1. The Bertz CT molecular complexity index is 986. The van der Waals surface area contributed by atoms with Crippen molar-refractivity contribution in [2.75, 3.05) is 13.1 Å². The van der Waals surface area contributed by atoms with Crippen LogP contribution in [0.25, 0.3) is 10.9 Å². The van der Waals surface area contributed by atoms with Gasteiger partial charge < -0.3 is 15.2 Å². The van der Waals surface area contributed by atoms with Crippen molar-refractivity contribution in [3.05, 3.63) is 71.9 Å². The molecular formula is C23H25N3O2. The maximum Gasteiger partial charge on any atom is 0.227 e. The predicted octanol–water partition coefficient (Wildman–Crippen LogP) is 2.96. The lowest BCUT2D eigenvalue weighted by molar-refractivity contribution is -0.134. The minimum absolute atomic E-state index is 0.100. The Balaban J connectivity index is 1.52. The van der Waals surface area contributed by atoms with Crippen molar-refractivity contribution in [1.82, 2.24) is 9.47 Å². The average molecular weight is 375 g/mol. The summed E-state index contributed by atoms with van der Waals surface area (Å²) in [5, 5.41) is 1.12. The van der Waals surface area contributed by atoms with Crippen LogP contribution in [-0.4, -0.2) is 34.4 Å². The molecule has 0 unspecified atom stereocenters. The van der Waals surface area contributed by atoms with Gasteiger partial charge in [0.25, 0.3) is 0 Å². The third-order valence-corrected chi connectivity index (χ3v) is 5.66. The third-order valence-electron chi connectivity index (χ3n) is 5.66. The molecule has 1 aliphatic rings. The molecule has 2 amide bonds. The van der Waals surface area contributed by atoms with E-state index in [9.17, 15) is 9.59 Å². The molecule has 0 radical (unpaired) electrons. The van der Waals surface area contributed by atoms with Gasteiger partial charge in [0.15, 0.2) is 0 Å². The first kappa shape index (κ1) is 18.3. The van der Waals surface area contributed by atoms with Gasteiger partial charge in [0.2, 0.25) is 11.8 Å². The summed E-state index contributed by atoms with van der Waals surface area (Å²) >= 11 is 0. The zero-order chi connectivity index (χ0) is 19.5. The van der Waals surface area contributed by atoms with Gasteiger partial charge in [-0.25, -0.2) is 0 Å². The molecule has 2 aromatic carbocycles. The minimum Gasteiger partial charge on any atom is -0.369 e. The monoisotopic (exact) mass is 375 g/mol. The molecule has 144 valence electrons. The zero-order valence-corrected chi connectivity index (χ0v) is 15.9. The number of nitrogens with two attached hydrogens (primary N) is 1. The van der Waals surface area contributed by atoms with Crippen LogP contribution in [0.5, 0.6) is 0 Å². The number of carbonyl (C=O) groups excluding carboxylic acids is 2. The van der Waals surface area contributed by atoms with E-state index >= 15 is 0 Å². The normalized spacial score (nSPS) is 15.1. The van der Waals surface area contributed by atoms with Crippen molar-refractivity contribution in [2.45, 2.75) is 25.8 Å². The molecule has 0 bridgehead atoms. The molecule has 1 aliphatic heterocycles. The van der Waals surface area contributed by atoms with Crippen LogP contribution in [0.3, 0.4) is 0 Å². The molecule has 0 saturated carbocycles. The van der Waals surface area contributed by atoms with Crippen molar-refractivity contribution < 1.29 is 9.59 Å². The summed E-state index contributed by atoms with van der Waals surface area (Å²) in [4.78, 5) is 26.1. The number of benzene rings is 2. The quantitative estimate of drug-likeness (QED) is 0.745. The maximum atomic E-state index is 12.9. The van der Waals surface area contributed by atoms with Gasteiger partial charge in [-0.2, -0.15) is 0 Å². The second-order valence-corrected chi connectivity index (χ2v) is 7.52. The molecule has 28 heavy (non-hydrogen) atoms. The minimum atomic E-state index is -0.254. The smallest absolute Gasteiger partial charge is 0.227 e. The SMILES string of the molecule is NC(=O)C1CCN(C(=O)Cc2cn(Cc3ccccc3)c3ccccc23)CC1. The highest BCUT2D eigenvalue weighted by Crippen LogP contribution is 2.24. The highest BCUT2D eigenvalue weighted by Gasteiger charge is 2.26. The van der Waals surface area contributed by atoms with E-state index in [1.54, 1.807) is 0 Å².